The molecule has 0 aliphatic heterocycles. The zero-order valence-electron chi connectivity index (χ0n) is 11.4. The number of hydrogen-bond donors (Lipinski definition) is 2. The van der Waals surface area contributed by atoms with Gasteiger partial charge in [0.05, 0.1) is 0 Å². The number of thiol groups is 2. The van der Waals surface area contributed by atoms with Gasteiger partial charge in [-0.1, -0.05) is 54.6 Å². The molecule has 0 bridgehead atoms. The molecule has 4 rings (SSSR count). The van der Waals surface area contributed by atoms with Crippen molar-refractivity contribution in [2.75, 3.05) is 0 Å². The Bertz CT molecular complexity index is 1000. The first-order valence-corrected chi connectivity index (χ1v) is 9.29. The molecule has 22 heavy (non-hydrogen) atoms. The molecule has 0 amide bonds. The number of fused-ring (bicyclic) bond motifs is 3. The lowest BCUT2D eigenvalue weighted by atomic mass is 10.1. The normalized spacial score (nSPS) is 11.4. The Morgan fingerprint density at radius 2 is 1.41 bits per heavy atom. The van der Waals surface area contributed by atoms with Crippen molar-refractivity contribution in [2.24, 2.45) is 0 Å². The van der Waals surface area contributed by atoms with E-state index in [9.17, 15) is 0 Å². The van der Waals surface area contributed by atoms with Gasteiger partial charge in [0.15, 0.2) is 0 Å². The second kappa shape index (κ2) is 5.60. The largest absolute Gasteiger partial charge is 0.142 e. The van der Waals surface area contributed by atoms with Gasteiger partial charge in [0.2, 0.25) is 0 Å². The molecule has 0 N–H and O–H groups in total. The molecule has 0 saturated carbocycles. The van der Waals surface area contributed by atoms with E-state index in [1.165, 1.54) is 20.5 Å². The summed E-state index contributed by atoms with van der Waals surface area (Å²) in [4.78, 5) is 3.10. The molecule has 0 saturated heterocycles. The number of halogens is 1. The molecule has 108 valence electrons. The molecule has 0 aliphatic carbocycles. The predicted molar refractivity (Wildman–Crippen MR) is 107 cm³/mol. The van der Waals surface area contributed by atoms with Gasteiger partial charge in [-0.15, -0.1) is 36.6 Å². The molecule has 0 unspecified atom stereocenters. The number of rotatable bonds is 1. The lowest BCUT2D eigenvalue weighted by molar-refractivity contribution is 1.38. The quantitative estimate of drug-likeness (QED) is 0.312. The molecule has 0 atom stereocenters. The van der Waals surface area contributed by atoms with Gasteiger partial charge in [0.25, 0.3) is 0 Å². The van der Waals surface area contributed by atoms with E-state index < -0.39 is 0 Å². The molecule has 0 aliphatic rings. The van der Waals surface area contributed by atoms with Crippen LogP contribution in [0.15, 0.2) is 68.9 Å². The second-order valence-electron chi connectivity index (χ2n) is 5.06. The third kappa shape index (κ3) is 2.13. The molecule has 0 fully saturated rings. The van der Waals surface area contributed by atoms with Crippen LogP contribution in [0.25, 0.3) is 31.3 Å². The Morgan fingerprint density at radius 1 is 0.773 bits per heavy atom. The van der Waals surface area contributed by atoms with Crippen molar-refractivity contribution in [1.29, 1.82) is 0 Å². The maximum Gasteiger partial charge on any atom is 0.0498 e. The van der Waals surface area contributed by atoms with E-state index >= 15 is 0 Å². The Labute approximate surface area is 152 Å². The molecule has 4 aromatic rings. The lowest BCUT2D eigenvalue weighted by Crippen LogP contribution is -1.80. The van der Waals surface area contributed by atoms with Gasteiger partial charge in [-0.3, -0.25) is 0 Å². The molecular formula is C18H11BrS3. The van der Waals surface area contributed by atoms with Crippen LogP contribution in [0.2, 0.25) is 0 Å². The minimum atomic E-state index is 0.933. The minimum absolute atomic E-state index is 0.933. The van der Waals surface area contributed by atoms with Crippen LogP contribution < -0.4 is 0 Å². The van der Waals surface area contributed by atoms with E-state index in [0.29, 0.717) is 0 Å². The molecule has 1 heterocycles. The van der Waals surface area contributed by atoms with Crippen molar-refractivity contribution in [1.82, 2.24) is 0 Å². The highest BCUT2D eigenvalue weighted by Crippen LogP contribution is 2.49. The summed E-state index contributed by atoms with van der Waals surface area (Å²) in [6.45, 7) is 0. The van der Waals surface area contributed by atoms with E-state index in [1.807, 2.05) is 12.1 Å². The minimum Gasteiger partial charge on any atom is -0.142 e. The summed E-state index contributed by atoms with van der Waals surface area (Å²) < 4.78 is 2.36. The van der Waals surface area contributed by atoms with Crippen molar-refractivity contribution < 1.29 is 0 Å². The first-order chi connectivity index (χ1) is 10.7. The fourth-order valence-electron chi connectivity index (χ4n) is 2.72. The second-order valence-corrected chi connectivity index (χ2v) is 7.77. The number of hydrogen-bond acceptors (Lipinski definition) is 3. The van der Waals surface area contributed by atoms with Crippen LogP contribution in [0.4, 0.5) is 0 Å². The van der Waals surface area contributed by atoms with Gasteiger partial charge in [-0.25, -0.2) is 0 Å². The molecule has 0 spiro atoms. The average Bonchev–Trinajstić information content (AvgIpc) is 2.91. The van der Waals surface area contributed by atoms with Crippen molar-refractivity contribution in [2.45, 2.75) is 9.79 Å². The third-order valence-electron chi connectivity index (χ3n) is 3.77. The first kappa shape index (κ1) is 14.6. The summed E-state index contributed by atoms with van der Waals surface area (Å²) in [7, 11) is 0. The first-order valence-electron chi connectivity index (χ1n) is 6.78. The van der Waals surface area contributed by atoms with Crippen LogP contribution in [-0.4, -0.2) is 0 Å². The van der Waals surface area contributed by atoms with Crippen LogP contribution >= 0.6 is 52.5 Å². The molecule has 0 nitrogen and oxygen atoms in total. The molecule has 3 aromatic carbocycles. The van der Waals surface area contributed by atoms with Crippen molar-refractivity contribution >= 4 is 73.4 Å². The van der Waals surface area contributed by atoms with Gasteiger partial charge >= 0.3 is 0 Å². The van der Waals surface area contributed by atoms with E-state index in [4.69, 9.17) is 25.3 Å². The van der Waals surface area contributed by atoms with Crippen LogP contribution in [0.5, 0.6) is 0 Å². The summed E-state index contributed by atoms with van der Waals surface area (Å²) in [6.07, 6.45) is 0. The smallest absolute Gasteiger partial charge is 0.0498 e. The van der Waals surface area contributed by atoms with Crippen molar-refractivity contribution in [3.63, 3.8) is 0 Å². The monoisotopic (exact) mass is 402 g/mol. The van der Waals surface area contributed by atoms with E-state index in [1.54, 1.807) is 11.3 Å². The molecule has 1 aromatic heterocycles. The summed E-state index contributed by atoms with van der Waals surface area (Å²) in [5, 5.41) is 3.53. The summed E-state index contributed by atoms with van der Waals surface area (Å²) >= 11 is 15.0. The SMILES string of the molecule is Sc1c(S)c2c(Br)c(-c3ccccc3)sc2c2ccccc12. The highest BCUT2D eigenvalue weighted by molar-refractivity contribution is 9.10. The Morgan fingerprint density at radius 3 is 2.14 bits per heavy atom. The summed E-state index contributed by atoms with van der Waals surface area (Å²) in [5.41, 5.74) is 1.22. The van der Waals surface area contributed by atoms with Gasteiger partial charge in [-0.2, -0.15) is 0 Å². The maximum atomic E-state index is 4.74. The van der Waals surface area contributed by atoms with Crippen molar-refractivity contribution in [3.8, 4) is 10.4 Å². The van der Waals surface area contributed by atoms with Crippen LogP contribution in [0.3, 0.4) is 0 Å². The van der Waals surface area contributed by atoms with Gasteiger partial charge in [0.1, 0.15) is 0 Å². The predicted octanol–water partition coefficient (Wildman–Crippen LogP) is 7.06. The maximum absolute atomic E-state index is 4.74. The number of thiophene rings is 1. The average molecular weight is 403 g/mol. The number of benzene rings is 3. The highest BCUT2D eigenvalue weighted by atomic mass is 79.9. The molecular weight excluding hydrogens is 392 g/mol. The topological polar surface area (TPSA) is 0 Å². The fourth-order valence-corrected chi connectivity index (χ4v) is 5.84. The molecule has 0 radical (unpaired) electrons. The fraction of sp³-hybridized carbons (Fsp3) is 0. The standard InChI is InChI=1S/C18H11BrS3/c19-14-13-16(21)15(20)11-8-4-5-9-12(11)18(13)22-17(14)10-6-2-1-3-7-10/h1-9,20-21H. The van der Waals surface area contributed by atoms with E-state index in [0.717, 1.165) is 25.0 Å². The highest BCUT2D eigenvalue weighted by Gasteiger charge is 2.18. The van der Waals surface area contributed by atoms with Crippen molar-refractivity contribution in [3.05, 3.63) is 59.1 Å². The Hall–Kier alpha value is -0.940. The Balaban J connectivity index is 2.19. The summed E-state index contributed by atoms with van der Waals surface area (Å²) in [6, 6.07) is 18.8. The summed E-state index contributed by atoms with van der Waals surface area (Å²) in [5.74, 6) is 0. The van der Waals surface area contributed by atoms with E-state index in [-0.39, 0.29) is 0 Å². The Kier molecular flexibility index (Phi) is 3.73. The van der Waals surface area contributed by atoms with Gasteiger partial charge in [-0.05, 0) is 26.9 Å². The third-order valence-corrected chi connectivity index (χ3v) is 7.19. The van der Waals surface area contributed by atoms with Gasteiger partial charge < -0.3 is 0 Å². The zero-order chi connectivity index (χ0) is 15.3. The van der Waals surface area contributed by atoms with Crippen LogP contribution in [0, 0.1) is 0 Å². The lowest BCUT2D eigenvalue weighted by Gasteiger charge is -2.07. The molecule has 4 heteroatoms. The van der Waals surface area contributed by atoms with E-state index in [2.05, 4.69) is 58.4 Å². The zero-order valence-corrected chi connectivity index (χ0v) is 15.6. The van der Waals surface area contributed by atoms with Gasteiger partial charge in [0, 0.05) is 34.6 Å². The van der Waals surface area contributed by atoms with Crippen LogP contribution in [-0.2, 0) is 0 Å². The van der Waals surface area contributed by atoms with Crippen LogP contribution in [0.1, 0.15) is 0 Å².